The van der Waals surface area contributed by atoms with Gasteiger partial charge in [-0.05, 0) is 58.4 Å². The molecule has 0 rings (SSSR count). The van der Waals surface area contributed by atoms with E-state index >= 15 is 0 Å². The summed E-state index contributed by atoms with van der Waals surface area (Å²) in [7, 11) is 0. The minimum atomic E-state index is 0.210. The number of halogens is 1. The number of hydrogen-bond donors (Lipinski definition) is 1. The minimum absolute atomic E-state index is 0.210. The maximum absolute atomic E-state index is 9.22. The summed E-state index contributed by atoms with van der Waals surface area (Å²) in [6.07, 6.45) is 12.2. The Bertz CT molecular complexity index is 296. The molecule has 0 aromatic rings. The molecule has 0 aliphatic carbocycles. The molecular weight excluding hydrogens is 335 g/mol. The van der Waals surface area contributed by atoms with Crippen LogP contribution < -0.4 is 0 Å². The second kappa shape index (κ2) is 12.0. The number of aliphatic hydroxyl groups is 1. The van der Waals surface area contributed by atoms with E-state index < -0.39 is 0 Å². The highest BCUT2D eigenvalue weighted by Gasteiger charge is 1.95. The van der Waals surface area contributed by atoms with Gasteiger partial charge in [0.05, 0.1) is 6.61 Å². The van der Waals surface area contributed by atoms with Crippen LogP contribution in [0.15, 0.2) is 34.9 Å². The van der Waals surface area contributed by atoms with Crippen molar-refractivity contribution < 1.29 is 5.11 Å². The first kappa shape index (κ1) is 17.9. The van der Waals surface area contributed by atoms with Gasteiger partial charge in [0.1, 0.15) is 0 Å². The van der Waals surface area contributed by atoms with E-state index in [2.05, 4.69) is 61.6 Å². The summed E-state index contributed by atoms with van der Waals surface area (Å²) in [5, 5.41) is 9.22. The Hall–Kier alpha value is -0.0900. The monoisotopic (exact) mass is 362 g/mol. The van der Waals surface area contributed by atoms with Gasteiger partial charge in [-0.15, -0.1) is 0 Å². The smallest absolute Gasteiger partial charge is 0.0641 e. The second-order valence-electron chi connectivity index (χ2n) is 4.91. The molecule has 0 bridgehead atoms. The average molecular weight is 362 g/mol. The van der Waals surface area contributed by atoms with Crippen LogP contribution in [0.5, 0.6) is 0 Å². The van der Waals surface area contributed by atoms with Gasteiger partial charge in [0, 0.05) is 4.43 Å². The standard InChI is InChI=1S/C16H27IO/c1-14(2)7-4-8-15(3)9-5-10-16(13-18)11-6-12-17/h7,9,11,18H,4-6,8,10,12-13H2,1-3H3/b15-9+,16-11+. The molecular formula is C16H27IO. The van der Waals surface area contributed by atoms with Gasteiger partial charge in [-0.25, -0.2) is 0 Å². The SMILES string of the molecule is CC(C)=CCC/C(C)=C/CC/C(=C\CCI)CO. The van der Waals surface area contributed by atoms with Gasteiger partial charge >= 0.3 is 0 Å². The highest BCUT2D eigenvalue weighted by molar-refractivity contribution is 14.1. The summed E-state index contributed by atoms with van der Waals surface area (Å²) < 4.78 is 1.12. The van der Waals surface area contributed by atoms with Gasteiger partial charge < -0.3 is 5.11 Å². The molecule has 0 unspecified atom stereocenters. The molecule has 0 aliphatic heterocycles. The molecule has 0 radical (unpaired) electrons. The zero-order chi connectivity index (χ0) is 13.8. The van der Waals surface area contributed by atoms with Gasteiger partial charge in [0.2, 0.25) is 0 Å². The number of hydrogen-bond acceptors (Lipinski definition) is 1. The second-order valence-corrected chi connectivity index (χ2v) is 5.99. The van der Waals surface area contributed by atoms with Crippen molar-refractivity contribution in [1.29, 1.82) is 0 Å². The molecule has 104 valence electrons. The lowest BCUT2D eigenvalue weighted by Gasteiger charge is -2.03. The maximum atomic E-state index is 9.22. The molecule has 2 heteroatoms. The van der Waals surface area contributed by atoms with E-state index in [9.17, 15) is 5.11 Å². The van der Waals surface area contributed by atoms with Crippen LogP contribution in [0, 0.1) is 0 Å². The number of allylic oxidation sites excluding steroid dienone is 5. The largest absolute Gasteiger partial charge is 0.392 e. The maximum Gasteiger partial charge on any atom is 0.0641 e. The lowest BCUT2D eigenvalue weighted by molar-refractivity contribution is 0.326. The minimum Gasteiger partial charge on any atom is -0.392 e. The first-order valence-corrected chi connectivity index (χ1v) is 8.26. The third kappa shape index (κ3) is 11.0. The van der Waals surface area contributed by atoms with E-state index in [-0.39, 0.29) is 6.61 Å². The zero-order valence-corrected chi connectivity index (χ0v) is 14.2. The Labute approximate surface area is 126 Å². The summed E-state index contributed by atoms with van der Waals surface area (Å²) in [6, 6.07) is 0. The molecule has 1 nitrogen and oxygen atoms in total. The summed E-state index contributed by atoms with van der Waals surface area (Å²) in [5.41, 5.74) is 4.03. The van der Waals surface area contributed by atoms with Crippen LogP contribution in [0.3, 0.4) is 0 Å². The van der Waals surface area contributed by atoms with E-state index in [0.29, 0.717) is 0 Å². The third-order valence-electron chi connectivity index (χ3n) is 2.79. The summed E-state index contributed by atoms with van der Waals surface area (Å²) >= 11 is 2.36. The number of alkyl halides is 1. The molecule has 0 atom stereocenters. The van der Waals surface area contributed by atoms with Crippen molar-refractivity contribution in [2.24, 2.45) is 0 Å². The van der Waals surface area contributed by atoms with Crippen LogP contribution in [0.4, 0.5) is 0 Å². The predicted molar refractivity (Wildman–Crippen MR) is 90.3 cm³/mol. The number of aliphatic hydroxyl groups excluding tert-OH is 1. The quantitative estimate of drug-likeness (QED) is 0.339. The van der Waals surface area contributed by atoms with Crippen LogP contribution in [-0.4, -0.2) is 16.1 Å². The highest BCUT2D eigenvalue weighted by Crippen LogP contribution is 2.12. The fraction of sp³-hybridized carbons (Fsp3) is 0.625. The fourth-order valence-corrected chi connectivity index (χ4v) is 2.01. The van der Waals surface area contributed by atoms with Crippen LogP contribution in [0.1, 0.15) is 52.9 Å². The molecule has 1 N–H and O–H groups in total. The van der Waals surface area contributed by atoms with Crippen molar-refractivity contribution >= 4 is 22.6 Å². The Morgan fingerprint density at radius 1 is 0.944 bits per heavy atom. The lowest BCUT2D eigenvalue weighted by atomic mass is 10.1. The molecule has 0 amide bonds. The van der Waals surface area contributed by atoms with Crippen LogP contribution in [0.2, 0.25) is 0 Å². The van der Waals surface area contributed by atoms with Crippen LogP contribution >= 0.6 is 22.6 Å². The van der Waals surface area contributed by atoms with E-state index in [4.69, 9.17) is 0 Å². The zero-order valence-electron chi connectivity index (χ0n) is 12.0. The third-order valence-corrected chi connectivity index (χ3v) is 3.42. The van der Waals surface area contributed by atoms with Crippen molar-refractivity contribution in [1.82, 2.24) is 0 Å². The van der Waals surface area contributed by atoms with Crippen molar-refractivity contribution in [3.8, 4) is 0 Å². The average Bonchev–Trinajstić information content (AvgIpc) is 2.33. The molecule has 0 aliphatic rings. The normalized spacial score (nSPS) is 12.7. The highest BCUT2D eigenvalue weighted by atomic mass is 127. The summed E-state index contributed by atoms with van der Waals surface area (Å²) in [4.78, 5) is 0. The van der Waals surface area contributed by atoms with Crippen LogP contribution in [-0.2, 0) is 0 Å². The first-order valence-electron chi connectivity index (χ1n) is 6.73. The van der Waals surface area contributed by atoms with Crippen molar-refractivity contribution in [2.75, 3.05) is 11.0 Å². The van der Waals surface area contributed by atoms with Gasteiger partial charge in [0.25, 0.3) is 0 Å². The van der Waals surface area contributed by atoms with E-state index in [0.717, 1.165) is 36.5 Å². The van der Waals surface area contributed by atoms with Gasteiger partial charge in [-0.3, -0.25) is 0 Å². The van der Waals surface area contributed by atoms with Gasteiger partial charge in [-0.2, -0.15) is 0 Å². The van der Waals surface area contributed by atoms with E-state index in [1.807, 2.05) is 0 Å². The summed E-state index contributed by atoms with van der Waals surface area (Å²) in [6.45, 7) is 6.70. The molecule has 0 aromatic heterocycles. The van der Waals surface area contributed by atoms with Crippen molar-refractivity contribution in [3.05, 3.63) is 34.9 Å². The summed E-state index contributed by atoms with van der Waals surface area (Å²) in [5.74, 6) is 0. The molecule has 0 fully saturated rings. The van der Waals surface area contributed by atoms with Crippen LogP contribution in [0.25, 0.3) is 0 Å². The molecule has 0 saturated heterocycles. The first-order chi connectivity index (χ1) is 8.60. The lowest BCUT2D eigenvalue weighted by Crippen LogP contribution is -1.91. The molecule has 0 spiro atoms. The molecule has 0 aromatic carbocycles. The topological polar surface area (TPSA) is 20.2 Å². The Balaban J connectivity index is 3.94. The fourth-order valence-electron chi connectivity index (χ4n) is 1.70. The predicted octanol–water partition coefficient (Wildman–Crippen LogP) is 5.20. The molecule has 18 heavy (non-hydrogen) atoms. The molecule has 0 heterocycles. The van der Waals surface area contributed by atoms with Gasteiger partial charge in [-0.1, -0.05) is 52.0 Å². The Morgan fingerprint density at radius 3 is 2.17 bits per heavy atom. The van der Waals surface area contributed by atoms with E-state index in [1.54, 1.807) is 0 Å². The van der Waals surface area contributed by atoms with Crippen molar-refractivity contribution in [2.45, 2.75) is 52.9 Å². The molecule has 0 saturated carbocycles. The Kier molecular flexibility index (Phi) is 11.9. The Morgan fingerprint density at radius 2 is 1.61 bits per heavy atom. The van der Waals surface area contributed by atoms with Gasteiger partial charge in [0.15, 0.2) is 0 Å². The van der Waals surface area contributed by atoms with Crippen molar-refractivity contribution in [3.63, 3.8) is 0 Å². The van der Waals surface area contributed by atoms with E-state index in [1.165, 1.54) is 16.7 Å². The number of rotatable bonds is 9.